The first-order chi connectivity index (χ1) is 9.58. The molecule has 0 radical (unpaired) electrons. The number of aliphatic hydroxyl groups is 1. The number of likely N-dealkylation sites (tertiary alicyclic amines) is 1. The zero-order chi connectivity index (χ0) is 14.5. The first-order valence-corrected chi connectivity index (χ1v) is 6.74. The molecule has 1 amide bonds. The van der Waals surface area contributed by atoms with Crippen LogP contribution in [0.5, 0.6) is 0 Å². The predicted molar refractivity (Wildman–Crippen MR) is 72.6 cm³/mol. The molecule has 0 aliphatic carbocycles. The van der Waals surface area contributed by atoms with Gasteiger partial charge in [-0.1, -0.05) is 37.3 Å². The molecular weight excluding hydrogens is 258 g/mol. The number of aliphatic hydroxyl groups excluding tert-OH is 1. The molecule has 108 valence electrons. The molecule has 1 heterocycles. The SMILES string of the molecule is C[C@@H]1C(=O)N(CCC(=O)OCc2ccccc2)CC1O. The summed E-state index contributed by atoms with van der Waals surface area (Å²) in [6.45, 7) is 2.53. The van der Waals surface area contributed by atoms with Crippen molar-refractivity contribution in [2.24, 2.45) is 5.92 Å². The van der Waals surface area contributed by atoms with Gasteiger partial charge in [0.1, 0.15) is 6.61 Å². The molecule has 5 nitrogen and oxygen atoms in total. The Balaban J connectivity index is 1.72. The summed E-state index contributed by atoms with van der Waals surface area (Å²) < 4.78 is 5.14. The highest BCUT2D eigenvalue weighted by Crippen LogP contribution is 2.18. The molecule has 5 heteroatoms. The summed E-state index contributed by atoms with van der Waals surface area (Å²) in [6.07, 6.45) is -0.485. The minimum absolute atomic E-state index is 0.103. The molecule has 1 N–H and O–H groups in total. The van der Waals surface area contributed by atoms with Gasteiger partial charge in [0.2, 0.25) is 5.91 Å². The number of benzene rings is 1. The number of carbonyl (C=O) groups is 2. The molecule has 1 aliphatic heterocycles. The van der Waals surface area contributed by atoms with Crippen LogP contribution in [0.4, 0.5) is 0 Å². The van der Waals surface area contributed by atoms with E-state index < -0.39 is 6.10 Å². The van der Waals surface area contributed by atoms with E-state index >= 15 is 0 Å². The lowest BCUT2D eigenvalue weighted by molar-refractivity contribution is -0.145. The van der Waals surface area contributed by atoms with Gasteiger partial charge in [-0.25, -0.2) is 0 Å². The smallest absolute Gasteiger partial charge is 0.307 e. The van der Waals surface area contributed by atoms with Crippen molar-refractivity contribution < 1.29 is 19.4 Å². The molecule has 1 fully saturated rings. The van der Waals surface area contributed by atoms with E-state index in [2.05, 4.69) is 0 Å². The Morgan fingerprint density at radius 2 is 2.10 bits per heavy atom. The quantitative estimate of drug-likeness (QED) is 0.814. The Morgan fingerprint density at radius 1 is 1.40 bits per heavy atom. The van der Waals surface area contributed by atoms with Gasteiger partial charge in [0.25, 0.3) is 0 Å². The Labute approximate surface area is 118 Å². The van der Waals surface area contributed by atoms with Gasteiger partial charge in [0.05, 0.1) is 18.4 Å². The standard InChI is InChI=1S/C15H19NO4/c1-11-13(17)9-16(15(11)19)8-7-14(18)20-10-12-5-3-2-4-6-12/h2-6,11,13,17H,7-10H2,1H3/t11-,13?/m0/s1. The Bertz CT molecular complexity index is 474. The lowest BCUT2D eigenvalue weighted by Gasteiger charge is -2.15. The summed E-state index contributed by atoms with van der Waals surface area (Å²) in [5.41, 5.74) is 0.933. The normalized spacial score (nSPS) is 22.1. The second-order valence-electron chi connectivity index (χ2n) is 5.04. The van der Waals surface area contributed by atoms with Crippen molar-refractivity contribution in [3.05, 3.63) is 35.9 Å². The number of ether oxygens (including phenoxy) is 1. The Hall–Kier alpha value is -1.88. The Morgan fingerprint density at radius 3 is 2.70 bits per heavy atom. The molecule has 0 saturated carbocycles. The molecule has 1 saturated heterocycles. The first kappa shape index (κ1) is 14.5. The van der Waals surface area contributed by atoms with E-state index in [0.29, 0.717) is 13.1 Å². The fourth-order valence-corrected chi connectivity index (χ4v) is 2.16. The van der Waals surface area contributed by atoms with Crippen LogP contribution in [-0.2, 0) is 20.9 Å². The first-order valence-electron chi connectivity index (χ1n) is 6.74. The van der Waals surface area contributed by atoms with Crippen LogP contribution in [0.15, 0.2) is 30.3 Å². The molecule has 0 spiro atoms. The number of amides is 1. The van der Waals surface area contributed by atoms with Crippen LogP contribution < -0.4 is 0 Å². The molecule has 1 unspecified atom stereocenters. The molecule has 20 heavy (non-hydrogen) atoms. The summed E-state index contributed by atoms with van der Waals surface area (Å²) >= 11 is 0. The maximum atomic E-state index is 11.7. The molecule has 1 aliphatic rings. The third-order valence-electron chi connectivity index (χ3n) is 3.51. The molecule has 0 bridgehead atoms. The van der Waals surface area contributed by atoms with Crippen LogP contribution in [0, 0.1) is 5.92 Å². The summed E-state index contributed by atoms with van der Waals surface area (Å²) in [4.78, 5) is 24.9. The average molecular weight is 277 g/mol. The minimum atomic E-state index is -0.636. The van der Waals surface area contributed by atoms with Crippen molar-refractivity contribution in [1.29, 1.82) is 0 Å². The van der Waals surface area contributed by atoms with Gasteiger partial charge in [0, 0.05) is 13.1 Å². The third kappa shape index (κ3) is 3.57. The van der Waals surface area contributed by atoms with Gasteiger partial charge < -0.3 is 14.7 Å². The van der Waals surface area contributed by atoms with E-state index in [-0.39, 0.29) is 30.8 Å². The van der Waals surface area contributed by atoms with E-state index in [9.17, 15) is 14.7 Å². The van der Waals surface area contributed by atoms with Gasteiger partial charge in [-0.2, -0.15) is 0 Å². The van der Waals surface area contributed by atoms with E-state index in [4.69, 9.17) is 4.74 Å². The van der Waals surface area contributed by atoms with Gasteiger partial charge in [0.15, 0.2) is 0 Å². The van der Waals surface area contributed by atoms with Crippen molar-refractivity contribution in [2.45, 2.75) is 26.1 Å². The molecule has 2 rings (SSSR count). The van der Waals surface area contributed by atoms with E-state index in [0.717, 1.165) is 5.56 Å². The molecule has 1 aromatic rings. The van der Waals surface area contributed by atoms with Crippen molar-refractivity contribution in [2.75, 3.05) is 13.1 Å². The highest BCUT2D eigenvalue weighted by molar-refractivity contribution is 5.82. The highest BCUT2D eigenvalue weighted by atomic mass is 16.5. The predicted octanol–water partition coefficient (Wildman–Crippen LogP) is 0.959. The topological polar surface area (TPSA) is 66.8 Å². The third-order valence-corrected chi connectivity index (χ3v) is 3.51. The monoisotopic (exact) mass is 277 g/mol. The van der Waals surface area contributed by atoms with Crippen LogP contribution >= 0.6 is 0 Å². The highest BCUT2D eigenvalue weighted by Gasteiger charge is 2.35. The molecular formula is C15H19NO4. The molecule has 2 atom stereocenters. The zero-order valence-corrected chi connectivity index (χ0v) is 11.5. The zero-order valence-electron chi connectivity index (χ0n) is 11.5. The van der Waals surface area contributed by atoms with Crippen molar-refractivity contribution >= 4 is 11.9 Å². The summed E-state index contributed by atoms with van der Waals surface area (Å²) in [5.74, 6) is -0.820. The number of hydrogen-bond donors (Lipinski definition) is 1. The number of rotatable bonds is 5. The maximum absolute atomic E-state index is 11.7. The van der Waals surface area contributed by atoms with Gasteiger partial charge in [-0.05, 0) is 5.56 Å². The van der Waals surface area contributed by atoms with Gasteiger partial charge >= 0.3 is 5.97 Å². The van der Waals surface area contributed by atoms with Crippen LogP contribution in [0.1, 0.15) is 18.9 Å². The number of esters is 1. The van der Waals surface area contributed by atoms with Crippen LogP contribution in [0.25, 0.3) is 0 Å². The van der Waals surface area contributed by atoms with Gasteiger partial charge in [-0.3, -0.25) is 9.59 Å². The average Bonchev–Trinajstić information content (AvgIpc) is 2.71. The fraction of sp³-hybridized carbons (Fsp3) is 0.467. The van der Waals surface area contributed by atoms with Crippen molar-refractivity contribution in [3.8, 4) is 0 Å². The maximum Gasteiger partial charge on any atom is 0.307 e. The number of hydrogen-bond acceptors (Lipinski definition) is 4. The number of β-amino-alcohol motifs (C(OH)–C–C–N with tert-alkyl or cyclic N) is 1. The summed E-state index contributed by atoms with van der Waals surface area (Å²) in [5, 5.41) is 9.58. The van der Waals surface area contributed by atoms with Crippen LogP contribution in [-0.4, -0.2) is 41.1 Å². The number of nitrogens with zero attached hydrogens (tertiary/aromatic N) is 1. The molecule has 0 aromatic heterocycles. The largest absolute Gasteiger partial charge is 0.461 e. The van der Waals surface area contributed by atoms with Crippen molar-refractivity contribution in [1.82, 2.24) is 4.90 Å². The Kier molecular flexibility index (Phi) is 4.74. The van der Waals surface area contributed by atoms with E-state index in [1.165, 1.54) is 4.90 Å². The number of carbonyl (C=O) groups excluding carboxylic acids is 2. The summed E-state index contributed by atoms with van der Waals surface area (Å²) in [6, 6.07) is 9.44. The van der Waals surface area contributed by atoms with Gasteiger partial charge in [-0.15, -0.1) is 0 Å². The second kappa shape index (κ2) is 6.52. The molecule has 1 aromatic carbocycles. The lowest BCUT2D eigenvalue weighted by Crippen LogP contribution is -2.29. The second-order valence-corrected chi connectivity index (χ2v) is 5.04. The van der Waals surface area contributed by atoms with E-state index in [1.54, 1.807) is 6.92 Å². The van der Waals surface area contributed by atoms with Crippen molar-refractivity contribution in [3.63, 3.8) is 0 Å². The van der Waals surface area contributed by atoms with Crippen LogP contribution in [0.3, 0.4) is 0 Å². The van der Waals surface area contributed by atoms with Crippen LogP contribution in [0.2, 0.25) is 0 Å². The summed E-state index contributed by atoms with van der Waals surface area (Å²) in [7, 11) is 0. The van der Waals surface area contributed by atoms with E-state index in [1.807, 2.05) is 30.3 Å². The fourth-order valence-electron chi connectivity index (χ4n) is 2.16. The lowest BCUT2D eigenvalue weighted by atomic mass is 10.1. The minimum Gasteiger partial charge on any atom is -0.461 e.